The van der Waals surface area contributed by atoms with Crippen molar-refractivity contribution in [3.05, 3.63) is 0 Å². The molecule has 19 heteroatoms. The van der Waals surface area contributed by atoms with Gasteiger partial charge >= 0.3 is 32.5 Å². The summed E-state index contributed by atoms with van der Waals surface area (Å²) >= 11 is 0. The lowest BCUT2D eigenvalue weighted by Gasteiger charge is -2.41. The standard InChI is InChI=1S/C13H15F15O3Si/c1-29-32(30-2,31-3)9(20)11(23,24)13(27,28)12(25,26)10(21,22)7(17)5(15)4(14)6(16)8(18)19/h4-9H,1-3H3. The Morgan fingerprint density at radius 1 is 0.531 bits per heavy atom. The second kappa shape index (κ2) is 10.1. The summed E-state index contributed by atoms with van der Waals surface area (Å²) in [5.74, 6) is -34.2. The SMILES string of the molecule is CO[Si](OC)(OC)C(F)C(F)(F)C(F)(F)C(F)(F)C(F)(F)C(F)C(F)C(F)C(F)C(F)F. The third-order valence-electron chi connectivity index (χ3n) is 4.19. The summed E-state index contributed by atoms with van der Waals surface area (Å²) in [6.45, 7) is 0. The molecule has 5 atom stereocenters. The van der Waals surface area contributed by atoms with Crippen LogP contribution >= 0.6 is 0 Å². The number of halogens is 15. The molecule has 0 amide bonds. The van der Waals surface area contributed by atoms with Gasteiger partial charge in [-0.3, -0.25) is 0 Å². The summed E-state index contributed by atoms with van der Waals surface area (Å²) in [6.07, 6.45) is -24.0. The fourth-order valence-corrected chi connectivity index (χ4v) is 3.96. The van der Waals surface area contributed by atoms with Crippen LogP contribution in [0.25, 0.3) is 0 Å². The van der Waals surface area contributed by atoms with Crippen molar-refractivity contribution in [1.29, 1.82) is 0 Å². The minimum absolute atomic E-state index is 0.329. The van der Waals surface area contributed by atoms with Gasteiger partial charge in [0.15, 0.2) is 18.5 Å². The second-order valence-corrected chi connectivity index (χ2v) is 8.98. The van der Waals surface area contributed by atoms with Crippen LogP contribution in [0.15, 0.2) is 0 Å². The minimum Gasteiger partial charge on any atom is -0.375 e. The van der Waals surface area contributed by atoms with E-state index in [0.717, 1.165) is 0 Å². The van der Waals surface area contributed by atoms with E-state index in [4.69, 9.17) is 0 Å². The first-order valence-electron chi connectivity index (χ1n) is 7.83. The van der Waals surface area contributed by atoms with E-state index in [0.29, 0.717) is 21.3 Å². The predicted molar refractivity (Wildman–Crippen MR) is 77.1 cm³/mol. The molecule has 194 valence electrons. The first kappa shape index (κ1) is 31.0. The summed E-state index contributed by atoms with van der Waals surface area (Å²) < 4.78 is 213. The Morgan fingerprint density at radius 3 is 1.19 bits per heavy atom. The van der Waals surface area contributed by atoms with Crippen molar-refractivity contribution in [2.45, 2.75) is 60.6 Å². The zero-order valence-corrected chi connectivity index (χ0v) is 16.9. The zero-order valence-electron chi connectivity index (χ0n) is 15.9. The van der Waals surface area contributed by atoms with E-state index >= 15 is 0 Å². The summed E-state index contributed by atoms with van der Waals surface area (Å²) in [5, 5.41) is 0. The van der Waals surface area contributed by atoms with Crippen molar-refractivity contribution in [2.75, 3.05) is 21.3 Å². The molecule has 0 aromatic carbocycles. The van der Waals surface area contributed by atoms with E-state index in [-0.39, 0.29) is 0 Å². The fraction of sp³-hybridized carbons (Fsp3) is 1.00. The van der Waals surface area contributed by atoms with Crippen molar-refractivity contribution in [3.63, 3.8) is 0 Å². The summed E-state index contributed by atoms with van der Waals surface area (Å²) in [7, 11) is -4.65. The molecule has 5 unspecified atom stereocenters. The summed E-state index contributed by atoms with van der Waals surface area (Å²) in [6, 6.07) is 0. The van der Waals surface area contributed by atoms with Crippen LogP contribution in [0.3, 0.4) is 0 Å². The lowest BCUT2D eigenvalue weighted by Crippen LogP contribution is -2.72. The molecule has 0 saturated carbocycles. The van der Waals surface area contributed by atoms with Gasteiger partial charge in [0.05, 0.1) is 0 Å². The van der Waals surface area contributed by atoms with E-state index in [1.165, 1.54) is 0 Å². The first-order valence-corrected chi connectivity index (χ1v) is 9.63. The smallest absolute Gasteiger partial charge is 0.375 e. The molecule has 0 saturated heterocycles. The van der Waals surface area contributed by atoms with Crippen LogP contribution < -0.4 is 0 Å². The van der Waals surface area contributed by atoms with Crippen molar-refractivity contribution in [2.24, 2.45) is 0 Å². The number of alkyl halides is 15. The lowest BCUT2D eigenvalue weighted by atomic mass is 9.92. The molecule has 0 fully saturated rings. The Bertz CT molecular complexity index is 595. The van der Waals surface area contributed by atoms with Crippen LogP contribution in [0, 0.1) is 0 Å². The van der Waals surface area contributed by atoms with Gasteiger partial charge in [-0.25, -0.2) is 30.7 Å². The van der Waals surface area contributed by atoms with Gasteiger partial charge in [-0.1, -0.05) is 0 Å². The molecule has 0 aliphatic heterocycles. The summed E-state index contributed by atoms with van der Waals surface area (Å²) in [4.78, 5) is 0. The molecule has 0 aromatic heterocycles. The number of rotatable bonds is 13. The van der Waals surface area contributed by atoms with Crippen LogP contribution in [0.4, 0.5) is 65.9 Å². The van der Waals surface area contributed by atoms with Gasteiger partial charge in [-0.2, -0.15) is 35.1 Å². The fourth-order valence-electron chi connectivity index (χ4n) is 2.21. The molecule has 0 heterocycles. The normalized spacial score (nSPS) is 19.6. The van der Waals surface area contributed by atoms with E-state index in [1.54, 1.807) is 0 Å². The summed E-state index contributed by atoms with van der Waals surface area (Å²) in [5.41, 5.74) is 0. The van der Waals surface area contributed by atoms with Gasteiger partial charge in [0.2, 0.25) is 12.0 Å². The first-order chi connectivity index (χ1) is 14.2. The molecular weight excluding hydrogens is 517 g/mol. The maximum Gasteiger partial charge on any atom is 0.543 e. The van der Waals surface area contributed by atoms with Gasteiger partial charge in [-0.05, 0) is 0 Å². The molecule has 32 heavy (non-hydrogen) atoms. The molecule has 0 rings (SSSR count). The highest BCUT2D eigenvalue weighted by molar-refractivity contribution is 6.62. The van der Waals surface area contributed by atoms with E-state index < -0.39 is 69.4 Å². The second-order valence-electron chi connectivity index (χ2n) is 6.04. The van der Waals surface area contributed by atoms with Crippen LogP contribution in [-0.4, -0.2) is 90.7 Å². The maximum absolute atomic E-state index is 14.1. The Morgan fingerprint density at radius 2 is 0.875 bits per heavy atom. The largest absolute Gasteiger partial charge is 0.543 e. The lowest BCUT2D eigenvalue weighted by molar-refractivity contribution is -0.384. The number of hydrogen-bond acceptors (Lipinski definition) is 3. The highest BCUT2D eigenvalue weighted by Crippen LogP contribution is 2.57. The van der Waals surface area contributed by atoms with Gasteiger partial charge in [0.1, 0.15) is 0 Å². The molecule has 0 aromatic rings. The van der Waals surface area contributed by atoms with Crippen molar-refractivity contribution in [3.8, 4) is 0 Å². The molecule has 0 aliphatic rings. The van der Waals surface area contributed by atoms with Crippen LogP contribution in [-0.2, 0) is 13.3 Å². The van der Waals surface area contributed by atoms with Gasteiger partial charge in [0.25, 0.3) is 6.43 Å². The Kier molecular flexibility index (Phi) is 9.82. The molecule has 0 spiro atoms. The maximum atomic E-state index is 14.1. The Balaban J connectivity index is 6.32. The van der Waals surface area contributed by atoms with Crippen LogP contribution in [0.1, 0.15) is 0 Å². The highest BCUT2D eigenvalue weighted by atomic mass is 28.4. The third kappa shape index (κ3) is 4.79. The van der Waals surface area contributed by atoms with E-state index in [9.17, 15) is 65.9 Å². The topological polar surface area (TPSA) is 27.7 Å². The quantitative estimate of drug-likeness (QED) is 0.250. The predicted octanol–water partition coefficient (Wildman–Crippen LogP) is 4.90. The van der Waals surface area contributed by atoms with Crippen molar-refractivity contribution < 1.29 is 79.1 Å². The Hall–Kier alpha value is -0.953. The number of hydrogen-bond donors (Lipinski definition) is 0. The zero-order chi connectivity index (χ0) is 26.1. The van der Waals surface area contributed by atoms with E-state index in [2.05, 4.69) is 13.3 Å². The molecule has 3 nitrogen and oxygen atoms in total. The molecule has 0 aliphatic carbocycles. The molecule has 0 N–H and O–H groups in total. The van der Waals surface area contributed by atoms with Crippen molar-refractivity contribution in [1.82, 2.24) is 0 Å². The average Bonchev–Trinajstić information content (AvgIpc) is 2.72. The van der Waals surface area contributed by atoms with Crippen molar-refractivity contribution >= 4 is 8.80 Å². The average molecular weight is 532 g/mol. The minimum atomic E-state index is -7.71. The molecule has 0 radical (unpaired) electrons. The van der Waals surface area contributed by atoms with Gasteiger partial charge < -0.3 is 13.3 Å². The van der Waals surface area contributed by atoms with Crippen LogP contribution in [0.2, 0.25) is 0 Å². The van der Waals surface area contributed by atoms with Gasteiger partial charge in [0, 0.05) is 21.3 Å². The third-order valence-corrected chi connectivity index (χ3v) is 6.88. The monoisotopic (exact) mass is 532 g/mol. The highest BCUT2D eigenvalue weighted by Gasteiger charge is 2.87. The van der Waals surface area contributed by atoms with Crippen LogP contribution in [0.5, 0.6) is 0 Å². The molecular formula is C13H15F15O3Si. The van der Waals surface area contributed by atoms with E-state index in [1.807, 2.05) is 0 Å². The van der Waals surface area contributed by atoms with Gasteiger partial charge in [-0.15, -0.1) is 0 Å². The Labute approximate surface area is 171 Å². The molecule has 0 bridgehead atoms.